The van der Waals surface area contributed by atoms with E-state index in [0.29, 0.717) is 17.5 Å². The minimum atomic E-state index is 0.608. The lowest BCUT2D eigenvalue weighted by Crippen LogP contribution is -2.02. The maximum atomic E-state index is 5.24. The number of fused-ring (bicyclic) bond motifs is 6. The molecule has 0 aliphatic heterocycles. The molecule has 9 aromatic carbocycles. The van der Waals surface area contributed by atoms with Gasteiger partial charge in [-0.05, 0) is 47.5 Å². The van der Waals surface area contributed by atoms with Crippen molar-refractivity contribution >= 4 is 43.6 Å². The van der Waals surface area contributed by atoms with E-state index in [1.54, 1.807) is 0 Å². The van der Waals surface area contributed by atoms with Crippen LogP contribution in [-0.2, 0) is 0 Å². The summed E-state index contributed by atoms with van der Waals surface area (Å²) < 4.78 is 4.77. The topological polar surface area (TPSA) is 48.5 Å². The van der Waals surface area contributed by atoms with Crippen molar-refractivity contribution < 1.29 is 0 Å². The zero-order valence-electron chi connectivity index (χ0n) is 33.6. The van der Waals surface area contributed by atoms with Crippen molar-refractivity contribution in [2.45, 2.75) is 0 Å². The molecule has 5 nitrogen and oxygen atoms in total. The van der Waals surface area contributed by atoms with Gasteiger partial charge >= 0.3 is 0 Å². The van der Waals surface area contributed by atoms with E-state index in [1.165, 1.54) is 32.6 Å². The number of rotatable bonds is 7. The molecule has 0 N–H and O–H groups in total. The molecule has 3 aromatic heterocycles. The molecule has 0 aliphatic rings. The molecule has 0 spiro atoms. The van der Waals surface area contributed by atoms with Gasteiger partial charge < -0.3 is 9.13 Å². The predicted molar refractivity (Wildman–Crippen MR) is 256 cm³/mol. The fourth-order valence-corrected chi connectivity index (χ4v) is 9.14. The van der Waals surface area contributed by atoms with Gasteiger partial charge in [0, 0.05) is 49.4 Å². The van der Waals surface area contributed by atoms with Crippen LogP contribution in [0.2, 0.25) is 0 Å². The Labute approximate surface area is 358 Å². The highest BCUT2D eigenvalue weighted by molar-refractivity contribution is 6.11. The van der Waals surface area contributed by atoms with Gasteiger partial charge in [-0.15, -0.1) is 0 Å². The average molecular weight is 792 g/mol. The van der Waals surface area contributed by atoms with Crippen LogP contribution in [0.25, 0.3) is 111 Å². The molecule has 0 aliphatic carbocycles. The lowest BCUT2D eigenvalue weighted by atomic mass is 10.00. The first-order chi connectivity index (χ1) is 30.8. The second-order valence-corrected chi connectivity index (χ2v) is 15.6. The fourth-order valence-electron chi connectivity index (χ4n) is 9.14. The van der Waals surface area contributed by atoms with Crippen LogP contribution in [0.4, 0.5) is 0 Å². The van der Waals surface area contributed by atoms with Crippen LogP contribution in [0, 0.1) is 0 Å². The summed E-state index contributed by atoms with van der Waals surface area (Å²) in [5, 5.41) is 4.90. The molecule has 0 fully saturated rings. The fraction of sp³-hybridized carbons (Fsp3) is 0. The molecule has 12 aromatic rings. The molecular weight excluding hydrogens is 755 g/mol. The zero-order chi connectivity index (χ0) is 41.0. The minimum Gasteiger partial charge on any atom is -0.309 e. The third kappa shape index (κ3) is 5.90. The van der Waals surface area contributed by atoms with Crippen molar-refractivity contribution in [3.63, 3.8) is 0 Å². The van der Waals surface area contributed by atoms with Crippen molar-refractivity contribution in [1.29, 1.82) is 0 Å². The Morgan fingerprint density at radius 3 is 1.11 bits per heavy atom. The number of nitrogens with zero attached hydrogens (tertiary/aromatic N) is 5. The van der Waals surface area contributed by atoms with Crippen LogP contribution in [0.3, 0.4) is 0 Å². The second-order valence-electron chi connectivity index (χ2n) is 15.6. The van der Waals surface area contributed by atoms with Gasteiger partial charge in [-0.25, -0.2) is 15.0 Å². The van der Waals surface area contributed by atoms with Crippen LogP contribution in [0.15, 0.2) is 224 Å². The zero-order valence-corrected chi connectivity index (χ0v) is 33.6. The van der Waals surface area contributed by atoms with Gasteiger partial charge in [-0.2, -0.15) is 0 Å². The van der Waals surface area contributed by atoms with Crippen molar-refractivity contribution in [3.8, 4) is 67.8 Å². The second kappa shape index (κ2) is 14.7. The summed E-state index contributed by atoms with van der Waals surface area (Å²) in [6, 6.07) is 79.2. The number of benzene rings is 9. The summed E-state index contributed by atoms with van der Waals surface area (Å²) in [6.07, 6.45) is 0. The van der Waals surface area contributed by atoms with Crippen LogP contribution >= 0.6 is 0 Å². The predicted octanol–water partition coefficient (Wildman–Crippen LogP) is 14.4. The standard InChI is InChI=1S/C57H37N5/c1-3-17-38(18-4-1)44-36-35-42(37-54(44)62-52-29-15-10-24-47(52)48-25-11-16-30-53(48)62)57-59-55(40-19-5-2-6-20-40)58-56(60-57)41-33-31-39(32-34-41)43-21-7-12-26-49(43)61-50-27-13-8-22-45(50)46-23-9-14-28-51(46)61/h1-37H. The highest BCUT2D eigenvalue weighted by atomic mass is 15.0. The number of aromatic nitrogens is 5. The van der Waals surface area contributed by atoms with Crippen LogP contribution < -0.4 is 0 Å². The molecule has 5 heteroatoms. The van der Waals surface area contributed by atoms with Gasteiger partial charge in [-0.1, -0.05) is 188 Å². The number of hydrogen-bond donors (Lipinski definition) is 0. The SMILES string of the molecule is c1ccc(-c2nc(-c3ccc(-c4ccccc4-n4c5ccccc5c5ccccc54)cc3)nc(-c3ccc(-c4ccccc4)c(-n4c5ccccc5c5ccccc54)c3)n2)cc1. The summed E-state index contributed by atoms with van der Waals surface area (Å²) in [7, 11) is 0. The van der Waals surface area contributed by atoms with Crippen molar-refractivity contribution in [1.82, 2.24) is 24.1 Å². The lowest BCUT2D eigenvalue weighted by molar-refractivity contribution is 1.07. The Morgan fingerprint density at radius 2 is 0.581 bits per heavy atom. The minimum absolute atomic E-state index is 0.608. The molecule has 0 amide bonds. The first-order valence-electron chi connectivity index (χ1n) is 21.0. The molecule has 0 radical (unpaired) electrons. The Morgan fingerprint density at radius 1 is 0.242 bits per heavy atom. The van der Waals surface area contributed by atoms with E-state index in [2.05, 4.69) is 215 Å². The molecule has 62 heavy (non-hydrogen) atoms. The normalized spacial score (nSPS) is 11.5. The Bertz CT molecular complexity index is 3520. The van der Waals surface area contributed by atoms with Gasteiger partial charge in [0.2, 0.25) is 0 Å². The van der Waals surface area contributed by atoms with E-state index in [-0.39, 0.29) is 0 Å². The van der Waals surface area contributed by atoms with E-state index in [0.717, 1.165) is 61.4 Å². The van der Waals surface area contributed by atoms with Crippen LogP contribution in [0.1, 0.15) is 0 Å². The molecule has 290 valence electrons. The smallest absolute Gasteiger partial charge is 0.164 e. The van der Waals surface area contributed by atoms with Crippen molar-refractivity contribution in [3.05, 3.63) is 224 Å². The molecule has 0 saturated carbocycles. The molecule has 0 atom stereocenters. The first kappa shape index (κ1) is 35.5. The Balaban J connectivity index is 1.01. The summed E-state index contributed by atoms with van der Waals surface area (Å²) in [5.41, 5.74) is 14.1. The van der Waals surface area contributed by atoms with Crippen molar-refractivity contribution in [2.75, 3.05) is 0 Å². The molecule has 0 saturated heterocycles. The Kier molecular flexibility index (Phi) is 8.42. The summed E-state index contributed by atoms with van der Waals surface area (Å²) in [4.78, 5) is 15.5. The highest BCUT2D eigenvalue weighted by Gasteiger charge is 2.20. The van der Waals surface area contributed by atoms with E-state index >= 15 is 0 Å². The molecule has 0 bridgehead atoms. The molecule has 0 unspecified atom stereocenters. The van der Waals surface area contributed by atoms with E-state index in [4.69, 9.17) is 15.0 Å². The summed E-state index contributed by atoms with van der Waals surface area (Å²) in [6.45, 7) is 0. The quantitative estimate of drug-likeness (QED) is 0.162. The van der Waals surface area contributed by atoms with Gasteiger partial charge in [0.25, 0.3) is 0 Å². The third-order valence-electron chi connectivity index (χ3n) is 12.0. The van der Waals surface area contributed by atoms with Gasteiger partial charge in [-0.3, -0.25) is 0 Å². The molecular formula is C57H37N5. The van der Waals surface area contributed by atoms with E-state index in [9.17, 15) is 0 Å². The maximum Gasteiger partial charge on any atom is 0.164 e. The Hall–Kier alpha value is -8.41. The monoisotopic (exact) mass is 791 g/mol. The average Bonchev–Trinajstić information content (AvgIpc) is 3.87. The van der Waals surface area contributed by atoms with Gasteiger partial charge in [0.05, 0.1) is 33.4 Å². The van der Waals surface area contributed by atoms with Crippen molar-refractivity contribution in [2.24, 2.45) is 0 Å². The van der Waals surface area contributed by atoms with Gasteiger partial charge in [0.1, 0.15) is 0 Å². The largest absolute Gasteiger partial charge is 0.309 e. The first-order valence-corrected chi connectivity index (χ1v) is 21.0. The van der Waals surface area contributed by atoms with E-state index in [1.807, 2.05) is 18.2 Å². The maximum absolute atomic E-state index is 5.24. The summed E-state index contributed by atoms with van der Waals surface area (Å²) >= 11 is 0. The van der Waals surface area contributed by atoms with Crippen LogP contribution in [-0.4, -0.2) is 24.1 Å². The van der Waals surface area contributed by atoms with E-state index < -0.39 is 0 Å². The molecule has 3 heterocycles. The number of para-hydroxylation sites is 5. The van der Waals surface area contributed by atoms with Gasteiger partial charge in [0.15, 0.2) is 17.5 Å². The van der Waals surface area contributed by atoms with Crippen LogP contribution in [0.5, 0.6) is 0 Å². The third-order valence-corrected chi connectivity index (χ3v) is 12.0. The summed E-state index contributed by atoms with van der Waals surface area (Å²) in [5.74, 6) is 1.84. The molecule has 12 rings (SSSR count). The number of hydrogen-bond acceptors (Lipinski definition) is 3. The lowest BCUT2D eigenvalue weighted by Gasteiger charge is -2.16. The highest BCUT2D eigenvalue weighted by Crippen LogP contribution is 2.40.